The Balaban J connectivity index is 1.83. The summed E-state index contributed by atoms with van der Waals surface area (Å²) in [4.78, 5) is 6.87. The van der Waals surface area contributed by atoms with Gasteiger partial charge in [-0.2, -0.15) is 4.98 Å². The molecular formula is C15H21N5O3S. The van der Waals surface area contributed by atoms with Gasteiger partial charge in [-0.15, -0.1) is 0 Å². The Morgan fingerprint density at radius 2 is 2.00 bits per heavy atom. The fourth-order valence-electron chi connectivity index (χ4n) is 2.56. The topological polar surface area (TPSA) is 91.6 Å². The minimum atomic E-state index is -3.44. The van der Waals surface area contributed by atoms with Crippen molar-refractivity contribution < 1.29 is 12.9 Å². The Kier molecular flexibility index (Phi) is 4.68. The Morgan fingerprint density at radius 3 is 2.62 bits per heavy atom. The summed E-state index contributed by atoms with van der Waals surface area (Å²) in [5.41, 5.74) is 0.692. The molecule has 1 aromatic carbocycles. The van der Waals surface area contributed by atoms with Crippen molar-refractivity contribution in [3.63, 3.8) is 0 Å². The molecule has 3 rings (SSSR count). The van der Waals surface area contributed by atoms with Crippen molar-refractivity contribution in [3.05, 3.63) is 30.1 Å². The quantitative estimate of drug-likeness (QED) is 0.860. The molecule has 130 valence electrons. The first-order chi connectivity index (χ1) is 11.4. The molecule has 2 heterocycles. The van der Waals surface area contributed by atoms with Gasteiger partial charge >= 0.3 is 0 Å². The van der Waals surface area contributed by atoms with Gasteiger partial charge in [-0.05, 0) is 31.3 Å². The van der Waals surface area contributed by atoms with E-state index in [0.717, 1.165) is 19.6 Å². The van der Waals surface area contributed by atoms with E-state index in [4.69, 9.17) is 4.52 Å². The highest BCUT2D eigenvalue weighted by Crippen LogP contribution is 2.24. The molecule has 1 fully saturated rings. The third-order valence-corrected chi connectivity index (χ3v) is 5.96. The van der Waals surface area contributed by atoms with E-state index in [1.807, 2.05) is 7.05 Å². The number of nitrogens with zero attached hydrogens (tertiary/aromatic N) is 4. The van der Waals surface area contributed by atoms with Crippen molar-refractivity contribution in [1.82, 2.24) is 24.7 Å². The van der Waals surface area contributed by atoms with Gasteiger partial charge in [-0.25, -0.2) is 12.7 Å². The average molecular weight is 351 g/mol. The number of piperazine rings is 1. The van der Waals surface area contributed by atoms with Crippen LogP contribution in [0.5, 0.6) is 0 Å². The van der Waals surface area contributed by atoms with E-state index >= 15 is 0 Å². The van der Waals surface area contributed by atoms with E-state index in [1.54, 1.807) is 24.3 Å². The Hall–Kier alpha value is -1.81. The van der Waals surface area contributed by atoms with Gasteiger partial charge in [0.1, 0.15) is 0 Å². The van der Waals surface area contributed by atoms with Crippen molar-refractivity contribution in [2.75, 3.05) is 40.8 Å². The lowest BCUT2D eigenvalue weighted by Gasteiger charge is -2.30. The van der Waals surface area contributed by atoms with E-state index in [1.165, 1.54) is 18.4 Å². The maximum atomic E-state index is 12.1. The SMILES string of the molecule is CN1CCNCC1c1noc(-c2ccc(S(=O)(=O)N(C)C)cc2)n1. The molecule has 0 saturated carbocycles. The van der Waals surface area contributed by atoms with Gasteiger partial charge in [0.15, 0.2) is 5.82 Å². The van der Waals surface area contributed by atoms with Gasteiger partial charge in [-0.1, -0.05) is 5.16 Å². The van der Waals surface area contributed by atoms with Crippen molar-refractivity contribution in [2.45, 2.75) is 10.9 Å². The van der Waals surface area contributed by atoms with E-state index in [2.05, 4.69) is 20.4 Å². The van der Waals surface area contributed by atoms with Crippen LogP contribution in [0.2, 0.25) is 0 Å². The Labute approximate surface area is 141 Å². The fraction of sp³-hybridized carbons (Fsp3) is 0.467. The molecule has 0 radical (unpaired) electrons. The van der Waals surface area contributed by atoms with E-state index in [-0.39, 0.29) is 10.9 Å². The molecule has 2 aromatic rings. The van der Waals surface area contributed by atoms with Crippen LogP contribution >= 0.6 is 0 Å². The smallest absolute Gasteiger partial charge is 0.257 e. The second kappa shape index (κ2) is 6.60. The first-order valence-electron chi connectivity index (χ1n) is 7.67. The summed E-state index contributed by atoms with van der Waals surface area (Å²) >= 11 is 0. The third kappa shape index (κ3) is 3.20. The third-order valence-electron chi connectivity index (χ3n) is 4.13. The van der Waals surface area contributed by atoms with Crippen LogP contribution in [0.15, 0.2) is 33.7 Å². The summed E-state index contributed by atoms with van der Waals surface area (Å²) in [6, 6.07) is 6.52. The van der Waals surface area contributed by atoms with E-state index in [0.29, 0.717) is 17.3 Å². The summed E-state index contributed by atoms with van der Waals surface area (Å²) < 4.78 is 30.7. The number of sulfonamides is 1. The molecule has 1 aliphatic heterocycles. The minimum absolute atomic E-state index is 0.0737. The first-order valence-corrected chi connectivity index (χ1v) is 9.11. The van der Waals surface area contributed by atoms with Crippen LogP contribution in [0.1, 0.15) is 11.9 Å². The van der Waals surface area contributed by atoms with Gasteiger partial charge in [0.25, 0.3) is 5.89 Å². The molecule has 0 bridgehead atoms. The number of nitrogens with one attached hydrogen (secondary N) is 1. The zero-order valence-electron chi connectivity index (χ0n) is 13.9. The van der Waals surface area contributed by atoms with Crippen molar-refractivity contribution >= 4 is 10.0 Å². The molecule has 1 atom stereocenters. The van der Waals surface area contributed by atoms with Crippen LogP contribution in [0.3, 0.4) is 0 Å². The lowest BCUT2D eigenvalue weighted by molar-refractivity contribution is 0.190. The summed E-state index contributed by atoms with van der Waals surface area (Å²) in [7, 11) is 1.59. The molecule has 8 nitrogen and oxygen atoms in total. The number of likely N-dealkylation sites (N-methyl/N-ethyl adjacent to an activating group) is 1. The predicted molar refractivity (Wildman–Crippen MR) is 88.8 cm³/mol. The van der Waals surface area contributed by atoms with Crippen LogP contribution in [0.4, 0.5) is 0 Å². The van der Waals surface area contributed by atoms with Gasteiger partial charge in [0.2, 0.25) is 10.0 Å². The van der Waals surface area contributed by atoms with E-state index in [9.17, 15) is 8.42 Å². The number of rotatable bonds is 4. The van der Waals surface area contributed by atoms with Crippen LogP contribution in [0, 0.1) is 0 Å². The predicted octanol–water partition coefficient (Wildman–Crippen LogP) is 0.563. The van der Waals surface area contributed by atoms with Crippen molar-refractivity contribution in [2.24, 2.45) is 0 Å². The molecule has 0 amide bonds. The molecule has 1 saturated heterocycles. The highest BCUT2D eigenvalue weighted by atomic mass is 32.2. The lowest BCUT2D eigenvalue weighted by atomic mass is 10.2. The molecule has 1 aliphatic rings. The highest BCUT2D eigenvalue weighted by Gasteiger charge is 2.25. The molecule has 0 spiro atoms. The number of hydrogen-bond donors (Lipinski definition) is 1. The zero-order valence-corrected chi connectivity index (χ0v) is 14.7. The molecule has 1 aromatic heterocycles. The van der Waals surface area contributed by atoms with Gasteiger partial charge in [0, 0.05) is 39.3 Å². The van der Waals surface area contributed by atoms with Gasteiger partial charge < -0.3 is 9.84 Å². The largest absolute Gasteiger partial charge is 0.334 e. The van der Waals surface area contributed by atoms with Gasteiger partial charge in [-0.3, -0.25) is 4.90 Å². The maximum Gasteiger partial charge on any atom is 0.257 e. The van der Waals surface area contributed by atoms with Crippen LogP contribution in [0.25, 0.3) is 11.5 Å². The molecule has 1 N–H and O–H groups in total. The van der Waals surface area contributed by atoms with Crippen molar-refractivity contribution in [3.8, 4) is 11.5 Å². The summed E-state index contributed by atoms with van der Waals surface area (Å²) in [5, 5.41) is 7.38. The highest BCUT2D eigenvalue weighted by molar-refractivity contribution is 7.89. The van der Waals surface area contributed by atoms with Crippen LogP contribution in [-0.2, 0) is 10.0 Å². The number of aromatic nitrogens is 2. The number of hydrogen-bond acceptors (Lipinski definition) is 7. The standard InChI is InChI=1S/C15H21N5O3S/c1-19(2)24(21,22)12-6-4-11(5-7-12)15-17-14(18-23-15)13-10-16-8-9-20(13)3/h4-7,13,16H,8-10H2,1-3H3. The molecule has 9 heteroatoms. The molecule has 1 unspecified atom stereocenters. The zero-order chi connectivity index (χ0) is 17.3. The Bertz CT molecular complexity index is 801. The average Bonchev–Trinajstić information content (AvgIpc) is 3.05. The van der Waals surface area contributed by atoms with Crippen LogP contribution < -0.4 is 5.32 Å². The fourth-order valence-corrected chi connectivity index (χ4v) is 3.46. The maximum absolute atomic E-state index is 12.1. The monoisotopic (exact) mass is 351 g/mol. The second-order valence-corrected chi connectivity index (χ2v) is 8.12. The minimum Gasteiger partial charge on any atom is -0.334 e. The molecule has 0 aliphatic carbocycles. The summed E-state index contributed by atoms with van der Waals surface area (Å²) in [6.07, 6.45) is 0. The molecular weight excluding hydrogens is 330 g/mol. The second-order valence-electron chi connectivity index (χ2n) is 5.97. The first kappa shape index (κ1) is 17.0. The molecule has 24 heavy (non-hydrogen) atoms. The van der Waals surface area contributed by atoms with Crippen LogP contribution in [-0.4, -0.2) is 68.5 Å². The number of benzene rings is 1. The summed E-state index contributed by atoms with van der Waals surface area (Å²) in [6.45, 7) is 2.64. The van der Waals surface area contributed by atoms with Crippen molar-refractivity contribution in [1.29, 1.82) is 0 Å². The summed E-state index contributed by atoms with van der Waals surface area (Å²) in [5.74, 6) is 1.02. The van der Waals surface area contributed by atoms with Gasteiger partial charge in [0.05, 0.1) is 10.9 Å². The normalized spacial score (nSPS) is 19.8. The Morgan fingerprint density at radius 1 is 1.29 bits per heavy atom. The lowest BCUT2D eigenvalue weighted by Crippen LogP contribution is -2.44. The van der Waals surface area contributed by atoms with E-state index < -0.39 is 10.0 Å².